The van der Waals surface area contributed by atoms with Crippen LogP contribution in [0.2, 0.25) is 5.02 Å². The van der Waals surface area contributed by atoms with Crippen LogP contribution in [-0.4, -0.2) is 26.8 Å². The molecule has 0 aliphatic rings. The standard InChI is InChI=1S/C10H12ClN5/c11-9-5-2-1-4-8(9)10-13-14-15-16(10)7-3-6-12/h1-2,4-5H,3,6-7,12H2. The van der Waals surface area contributed by atoms with Crippen molar-refractivity contribution in [2.75, 3.05) is 6.54 Å². The zero-order chi connectivity index (χ0) is 11.4. The summed E-state index contributed by atoms with van der Waals surface area (Å²) in [4.78, 5) is 0. The number of aromatic nitrogens is 4. The summed E-state index contributed by atoms with van der Waals surface area (Å²) < 4.78 is 1.72. The summed E-state index contributed by atoms with van der Waals surface area (Å²) in [7, 11) is 0. The number of nitrogens with zero attached hydrogens (tertiary/aromatic N) is 4. The zero-order valence-electron chi connectivity index (χ0n) is 8.67. The largest absolute Gasteiger partial charge is 0.330 e. The third-order valence-corrected chi connectivity index (χ3v) is 2.55. The minimum absolute atomic E-state index is 0.613. The van der Waals surface area contributed by atoms with Gasteiger partial charge in [0.05, 0.1) is 5.02 Å². The first-order chi connectivity index (χ1) is 7.83. The molecule has 2 N–H and O–H groups in total. The van der Waals surface area contributed by atoms with E-state index in [2.05, 4.69) is 15.5 Å². The van der Waals surface area contributed by atoms with Gasteiger partial charge in [0, 0.05) is 12.1 Å². The van der Waals surface area contributed by atoms with Gasteiger partial charge in [0.25, 0.3) is 0 Å². The third kappa shape index (κ3) is 2.20. The van der Waals surface area contributed by atoms with E-state index >= 15 is 0 Å². The number of nitrogens with two attached hydrogens (primary N) is 1. The molecule has 0 aliphatic carbocycles. The summed E-state index contributed by atoms with van der Waals surface area (Å²) >= 11 is 6.09. The van der Waals surface area contributed by atoms with E-state index in [-0.39, 0.29) is 0 Å². The number of halogens is 1. The Hall–Kier alpha value is -1.46. The Morgan fingerprint density at radius 2 is 2.12 bits per heavy atom. The van der Waals surface area contributed by atoms with Gasteiger partial charge in [-0.3, -0.25) is 0 Å². The van der Waals surface area contributed by atoms with Crippen LogP contribution in [0.3, 0.4) is 0 Å². The van der Waals surface area contributed by atoms with Gasteiger partial charge in [0.15, 0.2) is 5.82 Å². The summed E-state index contributed by atoms with van der Waals surface area (Å²) in [5.74, 6) is 0.680. The van der Waals surface area contributed by atoms with E-state index in [9.17, 15) is 0 Å². The molecule has 0 spiro atoms. The lowest BCUT2D eigenvalue weighted by atomic mass is 10.2. The second-order valence-corrected chi connectivity index (χ2v) is 3.75. The van der Waals surface area contributed by atoms with Crippen molar-refractivity contribution >= 4 is 11.6 Å². The van der Waals surface area contributed by atoms with Crippen LogP contribution in [0.5, 0.6) is 0 Å². The Kier molecular flexibility index (Phi) is 3.48. The first-order valence-electron chi connectivity index (χ1n) is 5.04. The topological polar surface area (TPSA) is 69.6 Å². The first-order valence-corrected chi connectivity index (χ1v) is 5.42. The molecule has 2 rings (SSSR count). The van der Waals surface area contributed by atoms with E-state index in [0.29, 0.717) is 23.9 Å². The van der Waals surface area contributed by atoms with E-state index in [1.54, 1.807) is 4.68 Å². The van der Waals surface area contributed by atoms with Gasteiger partial charge >= 0.3 is 0 Å². The molecular formula is C10H12ClN5. The highest BCUT2D eigenvalue weighted by Crippen LogP contribution is 2.24. The lowest BCUT2D eigenvalue weighted by Crippen LogP contribution is -2.08. The van der Waals surface area contributed by atoms with Crippen LogP contribution >= 0.6 is 11.6 Å². The molecule has 6 heteroatoms. The van der Waals surface area contributed by atoms with Crippen LogP contribution < -0.4 is 5.73 Å². The van der Waals surface area contributed by atoms with Crippen molar-refractivity contribution in [2.24, 2.45) is 5.73 Å². The fourth-order valence-corrected chi connectivity index (χ4v) is 1.65. The van der Waals surface area contributed by atoms with Gasteiger partial charge in [-0.25, -0.2) is 4.68 Å². The van der Waals surface area contributed by atoms with E-state index < -0.39 is 0 Å². The number of benzene rings is 1. The third-order valence-electron chi connectivity index (χ3n) is 2.22. The lowest BCUT2D eigenvalue weighted by Gasteiger charge is -2.04. The van der Waals surface area contributed by atoms with Gasteiger partial charge in [0.1, 0.15) is 0 Å². The van der Waals surface area contributed by atoms with Crippen LogP contribution in [-0.2, 0) is 6.54 Å². The predicted molar refractivity (Wildman–Crippen MR) is 61.9 cm³/mol. The maximum atomic E-state index is 6.09. The molecule has 0 fully saturated rings. The maximum absolute atomic E-state index is 6.09. The van der Waals surface area contributed by atoms with Crippen molar-refractivity contribution in [2.45, 2.75) is 13.0 Å². The van der Waals surface area contributed by atoms with Crippen molar-refractivity contribution in [1.29, 1.82) is 0 Å². The Morgan fingerprint density at radius 3 is 2.88 bits per heavy atom. The van der Waals surface area contributed by atoms with Crippen molar-refractivity contribution in [3.63, 3.8) is 0 Å². The minimum Gasteiger partial charge on any atom is -0.330 e. The second kappa shape index (κ2) is 5.05. The van der Waals surface area contributed by atoms with Crippen molar-refractivity contribution in [1.82, 2.24) is 20.2 Å². The summed E-state index contributed by atoms with van der Waals surface area (Å²) in [6.45, 7) is 1.31. The fraction of sp³-hybridized carbons (Fsp3) is 0.300. The number of rotatable bonds is 4. The average molecular weight is 238 g/mol. The quantitative estimate of drug-likeness (QED) is 0.871. The number of aryl methyl sites for hydroxylation is 1. The van der Waals surface area contributed by atoms with Crippen molar-refractivity contribution in [3.05, 3.63) is 29.3 Å². The van der Waals surface area contributed by atoms with Gasteiger partial charge in [0.2, 0.25) is 0 Å². The lowest BCUT2D eigenvalue weighted by molar-refractivity contribution is 0.568. The number of tetrazole rings is 1. The summed E-state index contributed by atoms with van der Waals surface area (Å²) in [5, 5.41) is 12.2. The highest BCUT2D eigenvalue weighted by atomic mass is 35.5. The molecule has 0 saturated heterocycles. The predicted octanol–water partition coefficient (Wildman–Crippen LogP) is 1.34. The highest BCUT2D eigenvalue weighted by Gasteiger charge is 2.10. The summed E-state index contributed by atoms with van der Waals surface area (Å²) in [6, 6.07) is 7.49. The first kappa shape index (κ1) is 11.0. The van der Waals surface area contributed by atoms with Gasteiger partial charge in [-0.05, 0) is 35.5 Å². The maximum Gasteiger partial charge on any atom is 0.183 e. The van der Waals surface area contributed by atoms with Gasteiger partial charge in [-0.2, -0.15) is 0 Å². The Morgan fingerprint density at radius 1 is 1.31 bits per heavy atom. The number of hydrogen-bond donors (Lipinski definition) is 1. The Bertz CT molecular complexity index is 468. The van der Waals surface area contributed by atoms with Crippen LogP contribution in [0.15, 0.2) is 24.3 Å². The molecular weight excluding hydrogens is 226 g/mol. The Labute approximate surface area is 98.2 Å². The molecule has 5 nitrogen and oxygen atoms in total. The normalized spacial score (nSPS) is 10.6. The van der Waals surface area contributed by atoms with Crippen molar-refractivity contribution < 1.29 is 0 Å². The molecule has 2 aromatic rings. The molecule has 1 heterocycles. The molecule has 0 radical (unpaired) electrons. The molecule has 0 unspecified atom stereocenters. The highest BCUT2D eigenvalue weighted by molar-refractivity contribution is 6.33. The van der Waals surface area contributed by atoms with E-state index in [4.69, 9.17) is 17.3 Å². The SMILES string of the molecule is NCCCn1nnnc1-c1ccccc1Cl. The van der Waals surface area contributed by atoms with Gasteiger partial charge in [-0.1, -0.05) is 23.7 Å². The van der Waals surface area contributed by atoms with Gasteiger partial charge < -0.3 is 5.73 Å². The molecule has 84 valence electrons. The van der Waals surface area contributed by atoms with Crippen LogP contribution in [0, 0.1) is 0 Å². The fourth-order valence-electron chi connectivity index (χ4n) is 1.43. The zero-order valence-corrected chi connectivity index (χ0v) is 9.43. The molecule has 0 saturated carbocycles. The number of hydrogen-bond acceptors (Lipinski definition) is 4. The summed E-state index contributed by atoms with van der Waals surface area (Å²) in [6.07, 6.45) is 0.836. The average Bonchev–Trinajstić information content (AvgIpc) is 2.75. The molecule has 0 amide bonds. The molecule has 0 atom stereocenters. The minimum atomic E-state index is 0.613. The van der Waals surface area contributed by atoms with E-state index in [0.717, 1.165) is 12.0 Å². The molecule has 1 aromatic carbocycles. The van der Waals surface area contributed by atoms with Crippen LogP contribution in [0.25, 0.3) is 11.4 Å². The van der Waals surface area contributed by atoms with Crippen LogP contribution in [0.4, 0.5) is 0 Å². The molecule has 16 heavy (non-hydrogen) atoms. The molecule has 0 aliphatic heterocycles. The summed E-state index contributed by atoms with van der Waals surface area (Å²) in [5.41, 5.74) is 6.29. The molecule has 1 aromatic heterocycles. The van der Waals surface area contributed by atoms with Crippen LogP contribution in [0.1, 0.15) is 6.42 Å². The van der Waals surface area contributed by atoms with E-state index in [1.165, 1.54) is 0 Å². The monoisotopic (exact) mass is 237 g/mol. The molecule has 0 bridgehead atoms. The van der Waals surface area contributed by atoms with Gasteiger partial charge in [-0.15, -0.1) is 5.10 Å². The van der Waals surface area contributed by atoms with Crippen molar-refractivity contribution in [3.8, 4) is 11.4 Å². The van der Waals surface area contributed by atoms with E-state index in [1.807, 2.05) is 24.3 Å². The second-order valence-electron chi connectivity index (χ2n) is 3.35. The Balaban J connectivity index is 2.33. The smallest absolute Gasteiger partial charge is 0.183 e.